The first kappa shape index (κ1) is 69.5. The zero-order chi connectivity index (χ0) is 66.7. The fraction of sp³-hybridized carbons (Fsp3) is 0.451. The molecular weight excluding hydrogens is 1300 g/mol. The number of halogens is 1. The number of nitrogens with one attached hydrogen (secondary N) is 1. The zero-order valence-corrected chi connectivity index (χ0v) is 61.0. The van der Waals surface area contributed by atoms with Crippen LogP contribution in [-0.2, 0) is 32.4 Å². The molecule has 21 heteroatoms. The molecule has 0 aliphatic carbocycles. The van der Waals surface area contributed by atoms with Crippen LogP contribution in [0.3, 0.4) is 0 Å². The molecule has 0 saturated carbocycles. The van der Waals surface area contributed by atoms with Crippen LogP contribution in [0, 0.1) is 19.8 Å². The highest BCUT2D eigenvalue weighted by molar-refractivity contribution is 14.1. The summed E-state index contributed by atoms with van der Waals surface area (Å²) in [5.74, 6) is 0.164. The van der Waals surface area contributed by atoms with Gasteiger partial charge in [0.2, 0.25) is 0 Å². The summed E-state index contributed by atoms with van der Waals surface area (Å²) in [7, 11) is 1.17. The molecule has 0 radical (unpaired) electrons. The molecule has 2 aliphatic rings. The molecule has 8 heterocycles. The van der Waals surface area contributed by atoms with Crippen molar-refractivity contribution in [1.82, 2.24) is 44.0 Å². The first-order chi connectivity index (χ1) is 43.3. The number of hydrogen-bond acceptors (Lipinski definition) is 15. The Bertz CT molecular complexity index is 4100. The molecule has 92 heavy (non-hydrogen) atoms. The number of ketones is 3. The first-order valence-electron chi connectivity index (χ1n) is 31.7. The minimum Gasteiger partial charge on any atom is -0.378 e. The van der Waals surface area contributed by atoms with E-state index in [1.165, 1.54) is 0 Å². The molecule has 2 saturated heterocycles. The van der Waals surface area contributed by atoms with Crippen molar-refractivity contribution in [2.75, 3.05) is 63.4 Å². The van der Waals surface area contributed by atoms with E-state index in [4.69, 9.17) is 38.9 Å². The molecule has 18 nitrogen and oxygen atoms in total. The molecule has 9 aromatic rings. The normalized spacial score (nSPS) is 14.2. The molecule has 0 spiro atoms. The third kappa shape index (κ3) is 17.1. The first-order valence-corrected chi connectivity index (χ1v) is 40.2. The number of ether oxygens (including phenoxy) is 4. The minimum atomic E-state index is -1.18. The molecule has 3 aromatic carbocycles. The second-order valence-corrected chi connectivity index (χ2v) is 42.1. The van der Waals surface area contributed by atoms with Crippen molar-refractivity contribution < 1.29 is 33.3 Å². The van der Waals surface area contributed by atoms with Gasteiger partial charge in [0.25, 0.3) is 0 Å². The van der Waals surface area contributed by atoms with E-state index in [9.17, 15) is 14.4 Å². The van der Waals surface area contributed by atoms with Gasteiger partial charge in [0.1, 0.15) is 30.0 Å². The van der Waals surface area contributed by atoms with Gasteiger partial charge in [-0.05, 0) is 71.1 Å². The van der Waals surface area contributed by atoms with Crippen molar-refractivity contribution in [3.8, 4) is 33.8 Å². The lowest BCUT2D eigenvalue weighted by molar-refractivity contribution is 0.0787. The molecule has 2 fully saturated rings. The third-order valence-corrected chi connectivity index (χ3v) is 20.3. The number of benzene rings is 3. The van der Waals surface area contributed by atoms with Crippen LogP contribution >= 0.6 is 22.6 Å². The number of Topliss-reactive ketones (excluding diaryl/α,β-unsaturated/α-hetero) is 3. The molecule has 0 bridgehead atoms. The summed E-state index contributed by atoms with van der Waals surface area (Å²) >= 11 is 2.29. The number of hydrogen-bond donors (Lipinski definition) is 1. The van der Waals surface area contributed by atoms with E-state index >= 15 is 0 Å². The van der Waals surface area contributed by atoms with Gasteiger partial charge in [0.15, 0.2) is 34.3 Å². The lowest BCUT2D eigenvalue weighted by Crippen LogP contribution is -2.51. The van der Waals surface area contributed by atoms with Crippen LogP contribution in [0.25, 0.3) is 67.3 Å². The number of methoxy groups -OCH3 is 2. The number of aromatic nitrogens is 9. The summed E-state index contributed by atoms with van der Waals surface area (Å²) in [6.07, 6.45) is 11.3. The average molecular weight is 1390 g/mol. The molecule has 1 N–H and O–H groups in total. The Kier molecular flexibility index (Phi) is 21.4. The van der Waals surface area contributed by atoms with Crippen molar-refractivity contribution in [2.24, 2.45) is 16.2 Å². The number of H-pyrrole nitrogens is 1. The van der Waals surface area contributed by atoms with Gasteiger partial charge in [-0.25, -0.2) is 29.9 Å². The average Bonchev–Trinajstić information content (AvgIpc) is 1.60. The van der Waals surface area contributed by atoms with Crippen LogP contribution in [0.1, 0.15) is 93.4 Å². The zero-order valence-electron chi connectivity index (χ0n) is 56.8. The lowest BCUT2D eigenvalue weighted by Gasteiger charge is -2.40. The Hall–Kier alpha value is -6.87. The summed E-state index contributed by atoms with van der Waals surface area (Å²) in [5, 5.41) is 0. The number of rotatable bonds is 20. The summed E-state index contributed by atoms with van der Waals surface area (Å²) in [5.41, 5.74) is 11.7. The number of aromatic amines is 1. The fourth-order valence-electron chi connectivity index (χ4n) is 10.4. The third-order valence-electron chi connectivity index (χ3n) is 16.2. The van der Waals surface area contributed by atoms with Crippen LogP contribution in [-0.4, -0.2) is 143 Å². The molecule has 0 unspecified atom stereocenters. The summed E-state index contributed by atoms with van der Waals surface area (Å²) in [4.78, 5) is 75.3. The summed E-state index contributed by atoms with van der Waals surface area (Å²) < 4.78 is 27.6. The second-order valence-electron chi connectivity index (χ2n) is 29.6. The van der Waals surface area contributed by atoms with E-state index in [2.05, 4.69) is 117 Å². The van der Waals surface area contributed by atoms with Gasteiger partial charge in [-0.3, -0.25) is 14.4 Å². The molecule has 6 aromatic heterocycles. The highest BCUT2D eigenvalue weighted by atomic mass is 127. The number of carbonyl (C=O) groups is 3. The Labute approximate surface area is 557 Å². The predicted molar refractivity (Wildman–Crippen MR) is 384 cm³/mol. The van der Waals surface area contributed by atoms with Gasteiger partial charge in [-0.15, -0.1) is 0 Å². The summed E-state index contributed by atoms with van der Waals surface area (Å²) in [6.45, 7) is 37.0. The number of anilines is 2. The smallest absolute Gasteiger partial charge is 0.171 e. The topological polar surface area (TPSA) is 198 Å². The fourth-order valence-corrected chi connectivity index (χ4v) is 12.4. The van der Waals surface area contributed by atoms with Crippen LogP contribution in [0.2, 0.25) is 51.4 Å². The Morgan fingerprint density at radius 1 is 0.533 bits per heavy atom. The van der Waals surface area contributed by atoms with E-state index in [0.717, 1.165) is 87.0 Å². The maximum absolute atomic E-state index is 13.3. The Morgan fingerprint density at radius 3 is 1.30 bits per heavy atom. The van der Waals surface area contributed by atoms with E-state index < -0.39 is 32.4 Å². The lowest BCUT2D eigenvalue weighted by atomic mass is 9.87. The minimum absolute atomic E-state index is 0.0507. The van der Waals surface area contributed by atoms with Gasteiger partial charge >= 0.3 is 0 Å². The maximum Gasteiger partial charge on any atom is 0.171 e. The second kappa shape index (κ2) is 28.4. The highest BCUT2D eigenvalue weighted by Crippen LogP contribution is 2.35. The summed E-state index contributed by atoms with van der Waals surface area (Å²) in [6, 6.07) is 26.9. The van der Waals surface area contributed by atoms with Gasteiger partial charge < -0.3 is 42.9 Å². The number of fused-ring (bicyclic) bond motifs is 3. The Morgan fingerprint density at radius 2 is 0.913 bits per heavy atom. The molecule has 2 aliphatic heterocycles. The van der Waals surface area contributed by atoms with Crippen molar-refractivity contribution in [3.63, 3.8) is 0 Å². The molecule has 11 rings (SSSR count). The largest absolute Gasteiger partial charge is 0.378 e. The van der Waals surface area contributed by atoms with E-state index in [1.807, 2.05) is 126 Å². The van der Waals surface area contributed by atoms with Crippen LogP contribution in [0.15, 0.2) is 110 Å². The highest BCUT2D eigenvalue weighted by Gasteiger charge is 2.32. The van der Waals surface area contributed by atoms with E-state index in [-0.39, 0.29) is 23.5 Å². The van der Waals surface area contributed by atoms with Gasteiger partial charge in [-0.2, -0.15) is 0 Å². The van der Waals surface area contributed by atoms with Crippen molar-refractivity contribution in [1.29, 1.82) is 0 Å². The molecule has 0 atom stereocenters. The molecule has 0 amide bonds. The van der Waals surface area contributed by atoms with E-state index in [0.29, 0.717) is 83.0 Å². The van der Waals surface area contributed by atoms with E-state index in [1.54, 1.807) is 39.0 Å². The standard InChI is InChI=1S/C27H38N4O3Si.C23H30IN3O2Si.C21H24N4O2/c1-27(2,3)25(32)22-17-31(18-34-11-12-35(5,6)7)26-24(22)29-23(14-28-26)19-9-8-10-20(13-19)30-15-21(16-30)33-4;1-23(2,3)21(28)18-14-27(15-29-10-11-30(4,5)6)22-20(18)26-19(13-25-22)16-8-7-9-17(24)12-16;1-21(2,3)19(26)16-9-22-20-18(16)24-17(10-23-20)13-6-5-7-14(8-13)25-11-15(12-25)27-4/h8-10,13-14,17,21H,11-12,15-16,18H2,1-7H3;7-9,12-14H,10-11,15H2,1-6H3;5-10,15H,11-12H2,1-4H3,(H,22,23). The monoisotopic (exact) mass is 1390 g/mol. The Balaban J connectivity index is 0.000000164. The van der Waals surface area contributed by atoms with Crippen molar-refractivity contribution in [3.05, 3.63) is 130 Å². The maximum atomic E-state index is 13.3. The van der Waals surface area contributed by atoms with Crippen molar-refractivity contribution in [2.45, 2.75) is 139 Å². The quantitative estimate of drug-likeness (QED) is 0.0327. The van der Waals surface area contributed by atoms with Crippen LogP contribution in [0.4, 0.5) is 11.4 Å². The van der Waals surface area contributed by atoms with Crippen LogP contribution in [0.5, 0.6) is 0 Å². The number of nitrogens with zero attached hydrogens (tertiary/aromatic N) is 10. The SMILES string of the molecule is CC(C)(C)C(=O)c1cn(COCC[Si](C)(C)C)c2ncc(-c3cccc(I)c3)nc12.COC1CN(c2cccc(-c3cnc4[nH]cc(C(=O)C(C)(C)C)c4n3)c2)C1.COC1CN(c2cccc(-c3cnc4c(n3)c(C(=O)C(C)(C)C)cn4COCC[Si](C)(C)C)c2)C1. The van der Waals surface area contributed by atoms with Crippen LogP contribution < -0.4 is 9.80 Å². The molecule has 488 valence electrons. The van der Waals surface area contributed by atoms with Crippen molar-refractivity contribution >= 4 is 101 Å². The number of carbonyl (C=O) groups excluding carboxylic acids is 3. The van der Waals surface area contributed by atoms with Gasteiger partial charge in [0.05, 0.1) is 64.6 Å². The predicted octanol–water partition coefficient (Wildman–Crippen LogP) is 15.4. The molecular formula is C71H92IN11O7Si2. The van der Waals surface area contributed by atoms with Gasteiger partial charge in [0, 0.05) is 136 Å². The van der Waals surface area contributed by atoms with Gasteiger partial charge in [-0.1, -0.05) is 138 Å².